The molecule has 0 saturated heterocycles. The highest BCUT2D eigenvalue weighted by molar-refractivity contribution is 5.98. The lowest BCUT2D eigenvalue weighted by Gasteiger charge is -2.11. The van der Waals surface area contributed by atoms with Crippen LogP contribution in [0.5, 0.6) is 17.2 Å². The average Bonchev–Trinajstić information content (AvgIpc) is 3.45. The molecule has 0 bridgehead atoms. The van der Waals surface area contributed by atoms with E-state index in [0.29, 0.717) is 59.4 Å². The quantitative estimate of drug-likeness (QED) is 0.318. The number of fused-ring (bicyclic) bond motifs is 1. The van der Waals surface area contributed by atoms with E-state index < -0.39 is 5.82 Å². The van der Waals surface area contributed by atoms with Gasteiger partial charge >= 0.3 is 0 Å². The number of aryl methyl sites for hydroxylation is 2. The van der Waals surface area contributed by atoms with Gasteiger partial charge in [0.15, 0.2) is 5.65 Å². The number of benzene rings is 2. The Bertz CT molecular complexity index is 1500. The summed E-state index contributed by atoms with van der Waals surface area (Å²) in [7, 11) is 1.92. The maximum absolute atomic E-state index is 14.2. The number of aliphatic hydroxyl groups excluding tert-OH is 1. The number of hydrogen-bond donors (Lipinski definition) is 2. The first-order chi connectivity index (χ1) is 17.5. The first kappa shape index (κ1) is 23.3. The Balaban J connectivity index is 1.36. The van der Waals surface area contributed by atoms with Crippen LogP contribution < -0.4 is 15.2 Å². The molecule has 0 aliphatic heterocycles. The van der Waals surface area contributed by atoms with E-state index in [0.717, 1.165) is 11.3 Å². The smallest absolute Gasteiger partial charge is 0.163 e. The van der Waals surface area contributed by atoms with E-state index in [2.05, 4.69) is 15.1 Å². The molecule has 3 aromatic heterocycles. The third-order valence-corrected chi connectivity index (χ3v) is 5.73. The third-order valence-electron chi connectivity index (χ3n) is 5.73. The second kappa shape index (κ2) is 10.0. The summed E-state index contributed by atoms with van der Waals surface area (Å²) in [6, 6.07) is 15.4. The molecule has 5 rings (SSSR count). The first-order valence-corrected chi connectivity index (χ1v) is 11.4. The minimum atomic E-state index is -0.457. The van der Waals surface area contributed by atoms with E-state index in [4.69, 9.17) is 15.2 Å². The number of nitrogens with two attached hydrogens (primary N) is 1. The maximum atomic E-state index is 14.2. The van der Waals surface area contributed by atoms with Crippen molar-refractivity contribution in [2.75, 3.05) is 12.3 Å². The zero-order valence-corrected chi connectivity index (χ0v) is 19.6. The number of ether oxygens (including phenoxy) is 2. The molecular formula is C26H25FN6O3. The molecule has 2 aromatic carbocycles. The molecule has 0 radical (unpaired) electrons. The number of aliphatic hydroxyl groups is 1. The molecule has 0 fully saturated rings. The van der Waals surface area contributed by atoms with Crippen LogP contribution in [0.2, 0.25) is 0 Å². The van der Waals surface area contributed by atoms with E-state index >= 15 is 0 Å². The Hall–Kier alpha value is -4.44. The van der Waals surface area contributed by atoms with E-state index in [1.807, 2.05) is 42.1 Å². The molecule has 5 aromatic rings. The topological polar surface area (TPSA) is 113 Å². The molecule has 3 heterocycles. The number of hydrogen-bond acceptors (Lipinski definition) is 7. The van der Waals surface area contributed by atoms with Crippen molar-refractivity contribution < 1.29 is 19.0 Å². The normalized spacial score (nSPS) is 11.2. The van der Waals surface area contributed by atoms with Crippen molar-refractivity contribution in [2.45, 2.75) is 19.6 Å². The van der Waals surface area contributed by atoms with Gasteiger partial charge in [0.05, 0.1) is 11.1 Å². The molecule has 0 unspecified atom stereocenters. The number of rotatable bonds is 9. The molecule has 0 aliphatic rings. The lowest BCUT2D eigenvalue weighted by atomic mass is 10.1. The van der Waals surface area contributed by atoms with Crippen LogP contribution in [0.25, 0.3) is 22.3 Å². The maximum Gasteiger partial charge on any atom is 0.163 e. The van der Waals surface area contributed by atoms with Gasteiger partial charge in [0.25, 0.3) is 0 Å². The third kappa shape index (κ3) is 4.84. The second-order valence-electron chi connectivity index (χ2n) is 8.25. The fourth-order valence-electron chi connectivity index (χ4n) is 3.91. The van der Waals surface area contributed by atoms with Crippen molar-refractivity contribution in [1.82, 2.24) is 24.3 Å². The molecule has 0 saturated carbocycles. The lowest BCUT2D eigenvalue weighted by Crippen LogP contribution is -2.03. The summed E-state index contributed by atoms with van der Waals surface area (Å²) in [6.45, 7) is 0.855. The fourth-order valence-corrected chi connectivity index (χ4v) is 3.91. The van der Waals surface area contributed by atoms with Gasteiger partial charge in [-0.25, -0.2) is 19.0 Å². The monoisotopic (exact) mass is 488 g/mol. The summed E-state index contributed by atoms with van der Waals surface area (Å²) in [5.41, 5.74) is 9.13. The lowest BCUT2D eigenvalue weighted by molar-refractivity contribution is 0.278. The van der Waals surface area contributed by atoms with Crippen LogP contribution in [-0.2, 0) is 20.2 Å². The van der Waals surface area contributed by atoms with Gasteiger partial charge in [0, 0.05) is 50.2 Å². The Morgan fingerprint density at radius 3 is 2.58 bits per heavy atom. The summed E-state index contributed by atoms with van der Waals surface area (Å²) in [5.74, 6) is 1.08. The SMILES string of the molecule is Cn1cccc1COc1cc(F)cc(Oc2ccc(-c3nn(CCCO)c4ncnc(N)c34)cc2)c1. The molecule has 184 valence electrons. The molecule has 9 nitrogen and oxygen atoms in total. The average molecular weight is 489 g/mol. The summed E-state index contributed by atoms with van der Waals surface area (Å²) in [5, 5.41) is 14.5. The first-order valence-electron chi connectivity index (χ1n) is 11.4. The van der Waals surface area contributed by atoms with Crippen molar-refractivity contribution >= 4 is 16.9 Å². The number of halogens is 1. The number of aromatic nitrogens is 5. The molecular weight excluding hydrogens is 463 g/mol. The van der Waals surface area contributed by atoms with E-state index in [-0.39, 0.29) is 6.61 Å². The molecule has 10 heteroatoms. The predicted molar refractivity (Wildman–Crippen MR) is 133 cm³/mol. The highest BCUT2D eigenvalue weighted by Crippen LogP contribution is 2.33. The standard InChI is InChI=1S/C26H25FN6O3/c1-32-9-2-4-19(32)15-35-21-12-18(27)13-22(14-21)36-20-7-5-17(6-8-20)24-23-25(28)29-16-30-26(23)33(31-24)10-3-11-34/h2,4-9,12-14,16,34H,3,10-11,15H2,1H3,(H2,28,29,30). The number of nitrogens with zero attached hydrogens (tertiary/aromatic N) is 5. The zero-order chi connectivity index (χ0) is 25.1. The van der Waals surface area contributed by atoms with Crippen LogP contribution in [-0.4, -0.2) is 36.0 Å². The van der Waals surface area contributed by atoms with Crippen molar-refractivity contribution in [3.63, 3.8) is 0 Å². The summed E-state index contributed by atoms with van der Waals surface area (Å²) >= 11 is 0. The second-order valence-corrected chi connectivity index (χ2v) is 8.25. The minimum Gasteiger partial charge on any atom is -0.487 e. The Morgan fingerprint density at radius 2 is 1.83 bits per heavy atom. The summed E-state index contributed by atoms with van der Waals surface area (Å²) < 4.78 is 29.5. The van der Waals surface area contributed by atoms with Gasteiger partial charge in [-0.3, -0.25) is 0 Å². The van der Waals surface area contributed by atoms with Crippen LogP contribution in [0.3, 0.4) is 0 Å². The van der Waals surface area contributed by atoms with E-state index in [9.17, 15) is 9.50 Å². The zero-order valence-electron chi connectivity index (χ0n) is 19.6. The highest BCUT2D eigenvalue weighted by atomic mass is 19.1. The molecule has 3 N–H and O–H groups in total. The van der Waals surface area contributed by atoms with Crippen molar-refractivity contribution in [3.05, 3.63) is 78.6 Å². The molecule has 0 spiro atoms. The molecule has 0 atom stereocenters. The number of anilines is 1. The Kier molecular flexibility index (Phi) is 6.50. The Morgan fingerprint density at radius 1 is 1.03 bits per heavy atom. The van der Waals surface area contributed by atoms with Gasteiger partial charge < -0.3 is 24.9 Å². The number of nitrogen functional groups attached to an aromatic ring is 1. The predicted octanol–water partition coefficient (Wildman–Crippen LogP) is 4.31. The van der Waals surface area contributed by atoms with Gasteiger partial charge in [-0.1, -0.05) is 0 Å². The van der Waals surface area contributed by atoms with Gasteiger partial charge in [-0.15, -0.1) is 0 Å². The molecule has 0 amide bonds. The van der Waals surface area contributed by atoms with Gasteiger partial charge in [-0.05, 0) is 42.8 Å². The van der Waals surface area contributed by atoms with E-state index in [1.54, 1.807) is 22.9 Å². The van der Waals surface area contributed by atoms with Crippen molar-refractivity contribution in [3.8, 4) is 28.5 Å². The van der Waals surface area contributed by atoms with Gasteiger partial charge in [-0.2, -0.15) is 5.10 Å². The summed E-state index contributed by atoms with van der Waals surface area (Å²) in [6.07, 6.45) is 3.86. The highest BCUT2D eigenvalue weighted by Gasteiger charge is 2.17. The van der Waals surface area contributed by atoms with Gasteiger partial charge in [0.2, 0.25) is 0 Å². The van der Waals surface area contributed by atoms with Crippen LogP contribution in [0.1, 0.15) is 12.1 Å². The van der Waals surface area contributed by atoms with Crippen LogP contribution in [0, 0.1) is 5.82 Å². The van der Waals surface area contributed by atoms with Crippen molar-refractivity contribution in [1.29, 1.82) is 0 Å². The fraction of sp³-hybridized carbons (Fsp3) is 0.192. The molecule has 0 aliphatic carbocycles. The van der Waals surface area contributed by atoms with Crippen molar-refractivity contribution in [2.24, 2.45) is 7.05 Å². The van der Waals surface area contributed by atoms with Gasteiger partial charge in [0.1, 0.15) is 47.5 Å². The minimum absolute atomic E-state index is 0.0439. The van der Waals surface area contributed by atoms with Crippen LogP contribution in [0.15, 0.2) is 67.1 Å². The van der Waals surface area contributed by atoms with E-state index in [1.165, 1.54) is 18.5 Å². The molecule has 36 heavy (non-hydrogen) atoms. The van der Waals surface area contributed by atoms with Crippen LogP contribution in [0.4, 0.5) is 10.2 Å². The largest absolute Gasteiger partial charge is 0.487 e. The Labute approximate surface area is 206 Å². The van der Waals surface area contributed by atoms with Crippen LogP contribution >= 0.6 is 0 Å². The summed E-state index contributed by atoms with van der Waals surface area (Å²) in [4.78, 5) is 8.42.